The van der Waals surface area contributed by atoms with Gasteiger partial charge in [0.25, 0.3) is 5.56 Å². The molecule has 3 heterocycles. The molecule has 6 nitrogen and oxygen atoms in total. The summed E-state index contributed by atoms with van der Waals surface area (Å²) < 4.78 is 13.3. The second kappa shape index (κ2) is 10.5. The van der Waals surface area contributed by atoms with Gasteiger partial charge in [-0.1, -0.05) is 59.9 Å². The molecule has 2 aromatic carbocycles. The van der Waals surface area contributed by atoms with Gasteiger partial charge in [0.2, 0.25) is 0 Å². The molecule has 0 amide bonds. The van der Waals surface area contributed by atoms with Crippen LogP contribution in [0, 0.1) is 0 Å². The Labute approximate surface area is 216 Å². The molecule has 1 unspecified atom stereocenters. The Bertz CT molecular complexity index is 1580. The highest BCUT2D eigenvalue weighted by atomic mass is 32.1. The molecule has 0 aliphatic carbocycles. The van der Waals surface area contributed by atoms with Crippen LogP contribution in [0.3, 0.4) is 0 Å². The summed E-state index contributed by atoms with van der Waals surface area (Å²) in [6, 6.07) is 20.2. The Hall–Kier alpha value is -3.75. The lowest BCUT2D eigenvalue weighted by Gasteiger charge is -2.26. The van der Waals surface area contributed by atoms with E-state index in [1.165, 1.54) is 11.3 Å². The predicted molar refractivity (Wildman–Crippen MR) is 143 cm³/mol. The van der Waals surface area contributed by atoms with Gasteiger partial charge >= 0.3 is 5.97 Å². The zero-order valence-electron chi connectivity index (χ0n) is 19.8. The molecule has 1 aliphatic heterocycles. The van der Waals surface area contributed by atoms with E-state index in [0.717, 1.165) is 21.8 Å². The van der Waals surface area contributed by atoms with Crippen LogP contribution in [0.15, 0.2) is 87.5 Å². The fourth-order valence-electron chi connectivity index (χ4n) is 4.17. The molecule has 5 rings (SSSR count). The molecule has 0 N–H and O–H groups in total. The summed E-state index contributed by atoms with van der Waals surface area (Å²) in [5, 5.41) is 1.97. The van der Waals surface area contributed by atoms with Crippen molar-refractivity contribution in [2.75, 3.05) is 13.2 Å². The van der Waals surface area contributed by atoms with Gasteiger partial charge in [0.15, 0.2) is 4.80 Å². The van der Waals surface area contributed by atoms with E-state index in [4.69, 9.17) is 14.5 Å². The normalized spacial score (nSPS) is 15.4. The number of aromatic nitrogens is 1. The van der Waals surface area contributed by atoms with Crippen LogP contribution >= 0.6 is 22.7 Å². The highest BCUT2D eigenvalue weighted by Gasteiger charge is 2.35. The number of carbonyl (C=O) groups excluding carboxylic acids is 1. The largest absolute Gasteiger partial charge is 0.494 e. The van der Waals surface area contributed by atoms with Gasteiger partial charge < -0.3 is 9.47 Å². The maximum Gasteiger partial charge on any atom is 0.338 e. The van der Waals surface area contributed by atoms with Crippen LogP contribution in [0.2, 0.25) is 0 Å². The minimum Gasteiger partial charge on any atom is -0.494 e. The van der Waals surface area contributed by atoms with Crippen LogP contribution in [0.25, 0.3) is 11.8 Å². The molecule has 1 atom stereocenters. The van der Waals surface area contributed by atoms with Crippen molar-refractivity contribution in [1.82, 2.24) is 4.57 Å². The third kappa shape index (κ3) is 4.57. The summed E-state index contributed by atoms with van der Waals surface area (Å²) in [5.41, 5.74) is 2.21. The Balaban J connectivity index is 1.80. The first-order valence-corrected chi connectivity index (χ1v) is 13.3. The molecule has 0 saturated carbocycles. The molecular weight excluding hydrogens is 492 g/mol. The Morgan fingerprint density at radius 3 is 2.47 bits per heavy atom. The first-order valence-electron chi connectivity index (χ1n) is 11.7. The third-order valence-electron chi connectivity index (χ3n) is 5.70. The van der Waals surface area contributed by atoms with Crippen LogP contribution in [0.1, 0.15) is 35.9 Å². The standard InChI is InChI=1S/C28H24N2O4S2/c1-3-33-20-14-12-19(13-15-20)25-23(27(32)34-4-2)24(18-9-6-5-7-10-18)29-28-30(25)26(31)22(36-28)17-21-11-8-16-35-21/h5-17,25H,3-4H2,1-2H3. The number of thiophene rings is 1. The van der Waals surface area contributed by atoms with E-state index in [1.54, 1.807) is 22.8 Å². The zero-order chi connectivity index (χ0) is 25.1. The first kappa shape index (κ1) is 24.0. The van der Waals surface area contributed by atoms with Gasteiger partial charge in [0, 0.05) is 10.4 Å². The Morgan fingerprint density at radius 1 is 1.03 bits per heavy atom. The topological polar surface area (TPSA) is 69.9 Å². The molecule has 2 aromatic heterocycles. The number of fused-ring (bicyclic) bond motifs is 1. The average Bonchev–Trinajstić information content (AvgIpc) is 3.52. The van der Waals surface area contributed by atoms with Crippen molar-refractivity contribution in [3.63, 3.8) is 0 Å². The summed E-state index contributed by atoms with van der Waals surface area (Å²) in [5.74, 6) is 0.225. The van der Waals surface area contributed by atoms with E-state index in [0.29, 0.717) is 27.2 Å². The van der Waals surface area contributed by atoms with E-state index in [9.17, 15) is 9.59 Å². The van der Waals surface area contributed by atoms with Crippen LogP contribution in [0.4, 0.5) is 0 Å². The van der Waals surface area contributed by atoms with E-state index in [1.807, 2.05) is 85.1 Å². The quantitative estimate of drug-likeness (QED) is 0.342. The van der Waals surface area contributed by atoms with Crippen LogP contribution in [-0.4, -0.2) is 23.8 Å². The van der Waals surface area contributed by atoms with E-state index >= 15 is 0 Å². The third-order valence-corrected chi connectivity index (χ3v) is 7.50. The fourth-order valence-corrected chi connectivity index (χ4v) is 5.90. The van der Waals surface area contributed by atoms with Crippen molar-refractivity contribution in [3.8, 4) is 5.75 Å². The van der Waals surface area contributed by atoms with Crippen molar-refractivity contribution in [1.29, 1.82) is 0 Å². The summed E-state index contributed by atoms with van der Waals surface area (Å²) in [6.07, 6.45) is 1.87. The van der Waals surface area contributed by atoms with Gasteiger partial charge in [-0.15, -0.1) is 11.3 Å². The molecule has 0 saturated heterocycles. The lowest BCUT2D eigenvalue weighted by Crippen LogP contribution is -2.39. The maximum atomic E-state index is 13.7. The van der Waals surface area contributed by atoms with Crippen molar-refractivity contribution in [2.45, 2.75) is 19.9 Å². The lowest BCUT2D eigenvalue weighted by molar-refractivity contribution is -0.138. The molecule has 0 spiro atoms. The highest BCUT2D eigenvalue weighted by Crippen LogP contribution is 2.35. The summed E-state index contributed by atoms with van der Waals surface area (Å²) in [6.45, 7) is 4.45. The molecule has 8 heteroatoms. The van der Waals surface area contributed by atoms with E-state index in [2.05, 4.69) is 0 Å². The molecule has 0 bridgehead atoms. The number of carbonyl (C=O) groups is 1. The fraction of sp³-hybridized carbons (Fsp3) is 0.179. The van der Waals surface area contributed by atoms with Crippen LogP contribution < -0.4 is 19.6 Å². The minimum atomic E-state index is -0.698. The van der Waals surface area contributed by atoms with Gasteiger partial charge in [-0.3, -0.25) is 9.36 Å². The van der Waals surface area contributed by atoms with Crippen molar-refractivity contribution in [3.05, 3.63) is 113 Å². The molecular formula is C28H24N2O4S2. The maximum absolute atomic E-state index is 13.7. The van der Waals surface area contributed by atoms with E-state index in [-0.39, 0.29) is 12.2 Å². The van der Waals surface area contributed by atoms with Crippen molar-refractivity contribution >= 4 is 40.4 Å². The summed E-state index contributed by atoms with van der Waals surface area (Å²) in [4.78, 5) is 33.6. The Kier molecular flexibility index (Phi) is 6.97. The number of nitrogens with zero attached hydrogens (tertiary/aromatic N) is 2. The van der Waals surface area contributed by atoms with Gasteiger partial charge in [0.1, 0.15) is 5.75 Å². The minimum absolute atomic E-state index is 0.194. The van der Waals surface area contributed by atoms with Crippen molar-refractivity contribution < 1.29 is 14.3 Å². The van der Waals surface area contributed by atoms with Crippen LogP contribution in [0.5, 0.6) is 5.75 Å². The average molecular weight is 517 g/mol. The Morgan fingerprint density at radius 2 is 1.81 bits per heavy atom. The molecule has 182 valence electrons. The van der Waals surface area contributed by atoms with Gasteiger partial charge in [0.05, 0.1) is 35.1 Å². The molecule has 4 aromatic rings. The van der Waals surface area contributed by atoms with Gasteiger partial charge in [-0.2, -0.15) is 0 Å². The molecule has 0 fully saturated rings. The van der Waals surface area contributed by atoms with Gasteiger partial charge in [-0.25, -0.2) is 9.79 Å². The number of ether oxygens (including phenoxy) is 2. The summed E-state index contributed by atoms with van der Waals surface area (Å²) >= 11 is 2.88. The number of hydrogen-bond acceptors (Lipinski definition) is 7. The number of benzene rings is 2. The highest BCUT2D eigenvalue weighted by molar-refractivity contribution is 7.11. The second-order valence-corrected chi connectivity index (χ2v) is 9.94. The number of thiazole rings is 1. The van der Waals surface area contributed by atoms with E-state index < -0.39 is 12.0 Å². The number of esters is 1. The monoisotopic (exact) mass is 516 g/mol. The predicted octanol–water partition coefficient (Wildman–Crippen LogP) is 4.40. The SMILES string of the molecule is CCOC(=O)C1=C(c2ccccc2)N=c2sc(=Cc3cccs3)c(=O)n2C1c1ccc(OCC)cc1. The summed E-state index contributed by atoms with van der Waals surface area (Å²) in [7, 11) is 0. The number of rotatable bonds is 7. The van der Waals surface area contributed by atoms with Crippen molar-refractivity contribution in [2.24, 2.45) is 4.99 Å². The molecule has 0 radical (unpaired) electrons. The van der Waals surface area contributed by atoms with Gasteiger partial charge in [-0.05, 0) is 49.1 Å². The smallest absolute Gasteiger partial charge is 0.338 e. The van der Waals surface area contributed by atoms with Crippen LogP contribution in [-0.2, 0) is 9.53 Å². The molecule has 36 heavy (non-hydrogen) atoms. The number of hydrogen-bond donors (Lipinski definition) is 0. The lowest BCUT2D eigenvalue weighted by atomic mass is 9.93. The zero-order valence-corrected chi connectivity index (χ0v) is 21.5. The first-order chi connectivity index (χ1) is 17.6. The second-order valence-electron chi connectivity index (χ2n) is 7.95. The molecule has 1 aliphatic rings.